The van der Waals surface area contributed by atoms with E-state index in [0.29, 0.717) is 10.8 Å². The molecule has 13 heavy (non-hydrogen) atoms. The lowest BCUT2D eigenvalue weighted by Gasteiger charge is -2.42. The molecule has 2 unspecified atom stereocenters. The first-order chi connectivity index (χ1) is 5.94. The zero-order valence-corrected chi connectivity index (χ0v) is 9.85. The van der Waals surface area contributed by atoms with Crippen molar-refractivity contribution in [1.29, 1.82) is 0 Å². The van der Waals surface area contributed by atoms with Gasteiger partial charge in [-0.05, 0) is 41.4 Å². The molecule has 0 amide bonds. The summed E-state index contributed by atoms with van der Waals surface area (Å²) in [6.45, 7) is 12.4. The van der Waals surface area contributed by atoms with E-state index in [4.69, 9.17) is 0 Å². The Labute approximate surface area is 83.1 Å². The van der Waals surface area contributed by atoms with E-state index < -0.39 is 0 Å². The van der Waals surface area contributed by atoms with E-state index in [0.717, 1.165) is 17.8 Å². The van der Waals surface area contributed by atoms with Crippen LogP contribution in [0.1, 0.15) is 53.9 Å². The van der Waals surface area contributed by atoms with E-state index in [1.807, 2.05) is 0 Å². The lowest BCUT2D eigenvalue weighted by molar-refractivity contribution is 0.0693. The minimum absolute atomic E-state index is 0.612. The summed E-state index contributed by atoms with van der Waals surface area (Å²) in [7, 11) is 0. The summed E-state index contributed by atoms with van der Waals surface area (Å²) in [5.74, 6) is 2.93. The van der Waals surface area contributed by atoms with Crippen LogP contribution in [0.4, 0.5) is 0 Å². The highest BCUT2D eigenvalue weighted by Crippen LogP contribution is 2.69. The van der Waals surface area contributed by atoms with Crippen LogP contribution in [-0.2, 0) is 0 Å². The van der Waals surface area contributed by atoms with Crippen LogP contribution in [0.5, 0.6) is 0 Å². The summed E-state index contributed by atoms with van der Waals surface area (Å²) in [5.41, 5.74) is 1.28. The zero-order valence-electron chi connectivity index (χ0n) is 9.85. The molecule has 0 aromatic heterocycles. The first-order valence-corrected chi connectivity index (χ1v) is 5.94. The summed E-state index contributed by atoms with van der Waals surface area (Å²) in [6.07, 6.45) is 4.35. The van der Waals surface area contributed by atoms with Crippen LogP contribution in [0.2, 0.25) is 0 Å². The zero-order chi connectivity index (χ0) is 9.85. The van der Waals surface area contributed by atoms with Gasteiger partial charge in [0.15, 0.2) is 0 Å². The fourth-order valence-corrected chi connectivity index (χ4v) is 5.01. The lowest BCUT2D eigenvalue weighted by atomic mass is 9.63. The van der Waals surface area contributed by atoms with Gasteiger partial charge in [0.25, 0.3) is 0 Å². The molecule has 0 N–H and O–H groups in total. The maximum atomic E-state index is 2.54. The molecule has 2 fully saturated rings. The molecule has 2 rings (SSSR count). The molecule has 76 valence electrons. The second-order valence-corrected chi connectivity index (χ2v) is 6.22. The van der Waals surface area contributed by atoms with Gasteiger partial charge in [-0.15, -0.1) is 0 Å². The van der Waals surface area contributed by atoms with E-state index in [2.05, 4.69) is 34.6 Å². The van der Waals surface area contributed by atoms with Gasteiger partial charge < -0.3 is 0 Å². The summed E-state index contributed by atoms with van der Waals surface area (Å²) in [6, 6.07) is 0. The molecule has 0 heterocycles. The lowest BCUT2D eigenvalue weighted by Crippen LogP contribution is -2.34. The first kappa shape index (κ1) is 9.55. The highest BCUT2D eigenvalue weighted by Gasteiger charge is 2.62. The van der Waals surface area contributed by atoms with Crippen molar-refractivity contribution < 1.29 is 0 Å². The highest BCUT2D eigenvalue weighted by atomic mass is 14.7. The fourth-order valence-electron chi connectivity index (χ4n) is 5.01. The molecule has 2 aliphatic rings. The molecule has 0 aliphatic heterocycles. The number of hydrogen-bond donors (Lipinski definition) is 0. The van der Waals surface area contributed by atoms with Crippen LogP contribution >= 0.6 is 0 Å². The third-order valence-electron chi connectivity index (χ3n) is 5.70. The molecule has 0 aromatic rings. The largest absolute Gasteiger partial charge is 0.0651 e. The van der Waals surface area contributed by atoms with E-state index in [-0.39, 0.29) is 0 Å². The normalized spacial score (nSPS) is 52.8. The van der Waals surface area contributed by atoms with Crippen LogP contribution in [0, 0.1) is 28.6 Å². The quantitative estimate of drug-likeness (QED) is 0.570. The van der Waals surface area contributed by atoms with Gasteiger partial charge in [0, 0.05) is 0 Å². The minimum atomic E-state index is 0.612. The molecule has 0 aromatic carbocycles. The summed E-state index contributed by atoms with van der Waals surface area (Å²) in [5, 5.41) is 0. The van der Waals surface area contributed by atoms with Crippen LogP contribution in [-0.4, -0.2) is 0 Å². The highest BCUT2D eigenvalue weighted by molar-refractivity contribution is 5.11. The van der Waals surface area contributed by atoms with Gasteiger partial charge in [-0.2, -0.15) is 0 Å². The van der Waals surface area contributed by atoms with E-state index in [1.54, 1.807) is 0 Å². The molecule has 0 heteroatoms. The van der Waals surface area contributed by atoms with Crippen molar-refractivity contribution in [2.45, 2.75) is 53.9 Å². The third-order valence-corrected chi connectivity index (χ3v) is 5.70. The van der Waals surface area contributed by atoms with Crippen molar-refractivity contribution in [1.82, 2.24) is 0 Å². The number of rotatable bonds is 1. The Kier molecular flexibility index (Phi) is 1.85. The molecule has 0 spiro atoms. The molecule has 4 atom stereocenters. The predicted octanol–water partition coefficient (Wildman–Crippen LogP) is 4.10. The average molecular weight is 180 g/mol. The second-order valence-electron chi connectivity index (χ2n) is 6.22. The average Bonchev–Trinajstić information content (AvgIpc) is 2.36. The first-order valence-electron chi connectivity index (χ1n) is 5.94. The van der Waals surface area contributed by atoms with Crippen molar-refractivity contribution in [3.8, 4) is 0 Å². The van der Waals surface area contributed by atoms with Crippen molar-refractivity contribution in [3.05, 3.63) is 0 Å². The summed E-state index contributed by atoms with van der Waals surface area (Å²) in [4.78, 5) is 0. The molecule has 0 saturated heterocycles. The fraction of sp³-hybridized carbons (Fsp3) is 1.00. The topological polar surface area (TPSA) is 0 Å². The minimum Gasteiger partial charge on any atom is -0.0651 e. The molecule has 2 aliphatic carbocycles. The monoisotopic (exact) mass is 180 g/mol. The van der Waals surface area contributed by atoms with Crippen LogP contribution in [0.3, 0.4) is 0 Å². The van der Waals surface area contributed by atoms with Crippen LogP contribution in [0.15, 0.2) is 0 Å². The summed E-state index contributed by atoms with van der Waals surface area (Å²) < 4.78 is 0. The molecule has 0 radical (unpaired) electrons. The van der Waals surface area contributed by atoms with Gasteiger partial charge in [0.2, 0.25) is 0 Å². The van der Waals surface area contributed by atoms with Crippen molar-refractivity contribution in [2.24, 2.45) is 28.6 Å². The summed E-state index contributed by atoms with van der Waals surface area (Å²) >= 11 is 0. The van der Waals surface area contributed by atoms with Crippen LogP contribution in [0.25, 0.3) is 0 Å². The van der Waals surface area contributed by atoms with Crippen molar-refractivity contribution in [2.75, 3.05) is 0 Å². The van der Waals surface area contributed by atoms with Gasteiger partial charge in [-0.1, -0.05) is 41.0 Å². The molecule has 2 saturated carbocycles. The van der Waals surface area contributed by atoms with Gasteiger partial charge in [0.1, 0.15) is 0 Å². The second kappa shape index (κ2) is 2.52. The van der Waals surface area contributed by atoms with Gasteiger partial charge in [-0.25, -0.2) is 0 Å². The van der Waals surface area contributed by atoms with Crippen molar-refractivity contribution in [3.63, 3.8) is 0 Å². The van der Waals surface area contributed by atoms with Gasteiger partial charge in [-0.3, -0.25) is 0 Å². The number of fused-ring (bicyclic) bond motifs is 2. The molecule has 0 nitrogen and oxygen atoms in total. The smallest absolute Gasteiger partial charge is 0.0264 e. The maximum Gasteiger partial charge on any atom is -0.0264 e. The van der Waals surface area contributed by atoms with Gasteiger partial charge in [0.05, 0.1) is 0 Å². The van der Waals surface area contributed by atoms with Crippen molar-refractivity contribution >= 4 is 0 Å². The predicted molar refractivity (Wildman–Crippen MR) is 57.6 cm³/mol. The Hall–Kier alpha value is 0. The maximum absolute atomic E-state index is 2.54. The Morgan fingerprint density at radius 2 is 1.85 bits per heavy atom. The number of hydrogen-bond acceptors (Lipinski definition) is 0. The SMILES string of the molecule is CCC1C(C)(C)[C@H]2CCC1(C)[C@@H]2C. The third kappa shape index (κ3) is 0.926. The molecular weight excluding hydrogens is 156 g/mol. The Morgan fingerprint density at radius 1 is 1.23 bits per heavy atom. The Morgan fingerprint density at radius 3 is 2.15 bits per heavy atom. The van der Waals surface area contributed by atoms with Crippen LogP contribution < -0.4 is 0 Å². The van der Waals surface area contributed by atoms with E-state index in [9.17, 15) is 0 Å². The van der Waals surface area contributed by atoms with E-state index >= 15 is 0 Å². The molecular formula is C13H24. The van der Waals surface area contributed by atoms with E-state index in [1.165, 1.54) is 19.3 Å². The molecule has 2 bridgehead atoms. The Balaban J connectivity index is 2.39. The Bertz CT molecular complexity index is 216. The standard InChI is InChI=1S/C13H24/c1-6-11-12(3,4)10-7-8-13(11,5)9(10)2/h9-11H,6-8H2,1-5H3/t9-,10+,11?,13?/m1/s1. The van der Waals surface area contributed by atoms with Gasteiger partial charge >= 0.3 is 0 Å².